The summed E-state index contributed by atoms with van der Waals surface area (Å²) in [4.78, 5) is 11.6. The van der Waals surface area contributed by atoms with Gasteiger partial charge in [0.05, 0.1) is 6.42 Å². The van der Waals surface area contributed by atoms with E-state index in [2.05, 4.69) is 5.32 Å². The van der Waals surface area contributed by atoms with Gasteiger partial charge >= 0.3 is 12.3 Å². The third-order valence-corrected chi connectivity index (χ3v) is 2.52. The highest BCUT2D eigenvalue weighted by Gasteiger charge is 2.33. The summed E-state index contributed by atoms with van der Waals surface area (Å²) in [7, 11) is 0. The molecule has 0 spiro atoms. The molecule has 118 valence electrons. The number of hydrogen-bond donors (Lipinski definition) is 1. The number of ether oxygens (including phenoxy) is 1. The third-order valence-electron chi connectivity index (χ3n) is 2.52. The lowest BCUT2D eigenvalue weighted by Gasteiger charge is -2.24. The zero-order valence-electron chi connectivity index (χ0n) is 12.3. The zero-order chi connectivity index (χ0) is 16.1. The van der Waals surface area contributed by atoms with Crippen molar-refractivity contribution in [3.8, 4) is 0 Å². The molecule has 6 heteroatoms. The molecule has 1 N–H and O–H groups in total. The van der Waals surface area contributed by atoms with Gasteiger partial charge in [0, 0.05) is 6.04 Å². The quantitative estimate of drug-likeness (QED) is 0.910. The number of nitrogens with one attached hydrogen (secondary N) is 1. The van der Waals surface area contributed by atoms with E-state index in [0.717, 1.165) is 5.56 Å². The molecule has 0 aliphatic rings. The lowest BCUT2D eigenvalue weighted by atomic mass is 10.0. The van der Waals surface area contributed by atoms with Crippen LogP contribution < -0.4 is 5.32 Å². The van der Waals surface area contributed by atoms with E-state index >= 15 is 0 Å². The van der Waals surface area contributed by atoms with Crippen molar-refractivity contribution < 1.29 is 22.7 Å². The van der Waals surface area contributed by atoms with E-state index in [-0.39, 0.29) is 6.42 Å². The molecule has 0 heterocycles. The molecule has 0 radical (unpaired) electrons. The molecule has 1 amide bonds. The minimum Gasteiger partial charge on any atom is -0.444 e. The van der Waals surface area contributed by atoms with Crippen LogP contribution in [0, 0.1) is 0 Å². The van der Waals surface area contributed by atoms with Crippen LogP contribution in [0.25, 0.3) is 0 Å². The first kappa shape index (κ1) is 17.3. The minimum absolute atomic E-state index is 0.0968. The average Bonchev–Trinajstić information content (AvgIpc) is 2.24. The van der Waals surface area contributed by atoms with Gasteiger partial charge in [0.1, 0.15) is 5.60 Å². The number of benzene rings is 1. The van der Waals surface area contributed by atoms with E-state index in [9.17, 15) is 18.0 Å². The second kappa shape index (κ2) is 6.83. The fourth-order valence-corrected chi connectivity index (χ4v) is 1.83. The van der Waals surface area contributed by atoms with Gasteiger partial charge in [-0.1, -0.05) is 30.3 Å². The van der Waals surface area contributed by atoms with Gasteiger partial charge in [-0.05, 0) is 32.8 Å². The monoisotopic (exact) mass is 303 g/mol. The molecule has 0 aliphatic heterocycles. The fourth-order valence-electron chi connectivity index (χ4n) is 1.83. The van der Waals surface area contributed by atoms with Gasteiger partial charge in [0.15, 0.2) is 0 Å². The van der Waals surface area contributed by atoms with E-state index in [1.807, 2.05) is 0 Å². The second-order valence-electron chi connectivity index (χ2n) is 5.85. The van der Waals surface area contributed by atoms with Crippen molar-refractivity contribution in [2.75, 3.05) is 0 Å². The Hall–Kier alpha value is -1.72. The molecule has 21 heavy (non-hydrogen) atoms. The van der Waals surface area contributed by atoms with E-state index < -0.39 is 30.3 Å². The number of halogens is 3. The Morgan fingerprint density at radius 1 is 1.19 bits per heavy atom. The molecule has 1 rings (SSSR count). The van der Waals surface area contributed by atoms with Crippen LogP contribution in [0.3, 0.4) is 0 Å². The first-order valence-corrected chi connectivity index (χ1v) is 6.65. The number of carbonyl (C=O) groups is 1. The third kappa shape index (κ3) is 8.22. The predicted octanol–water partition coefficient (Wildman–Crippen LogP) is 4.07. The molecule has 0 saturated heterocycles. The van der Waals surface area contributed by atoms with Crippen LogP contribution in [-0.2, 0) is 11.2 Å². The molecule has 1 aromatic carbocycles. The second-order valence-corrected chi connectivity index (χ2v) is 5.85. The lowest BCUT2D eigenvalue weighted by molar-refractivity contribution is -0.139. The van der Waals surface area contributed by atoms with Gasteiger partial charge in [0.2, 0.25) is 0 Å². The number of alkyl carbamates (subject to hydrolysis) is 1. The standard InChI is InChI=1S/C15H20F3NO2/c1-14(2,3)21-13(20)19-12(10-15(16,17)18)9-11-7-5-4-6-8-11/h4-8,12H,9-10H2,1-3H3,(H,19,20). The summed E-state index contributed by atoms with van der Waals surface area (Å²) in [6.45, 7) is 4.97. The largest absolute Gasteiger partial charge is 0.444 e. The number of amides is 1. The first-order valence-electron chi connectivity index (χ1n) is 6.65. The lowest BCUT2D eigenvalue weighted by Crippen LogP contribution is -2.42. The van der Waals surface area contributed by atoms with Crippen molar-refractivity contribution >= 4 is 6.09 Å². The van der Waals surface area contributed by atoms with Crippen molar-refractivity contribution in [2.24, 2.45) is 0 Å². The zero-order valence-corrected chi connectivity index (χ0v) is 12.3. The van der Waals surface area contributed by atoms with Gasteiger partial charge < -0.3 is 10.1 Å². The highest BCUT2D eigenvalue weighted by Crippen LogP contribution is 2.23. The Kier molecular flexibility index (Phi) is 5.63. The van der Waals surface area contributed by atoms with E-state index in [0.29, 0.717) is 0 Å². The molecule has 3 nitrogen and oxygen atoms in total. The SMILES string of the molecule is CC(C)(C)OC(=O)NC(Cc1ccccc1)CC(F)(F)F. The van der Waals surface area contributed by atoms with Crippen LogP contribution in [0.2, 0.25) is 0 Å². The van der Waals surface area contributed by atoms with Crippen molar-refractivity contribution in [2.45, 2.75) is 51.4 Å². The van der Waals surface area contributed by atoms with Crippen LogP contribution in [-0.4, -0.2) is 23.9 Å². The van der Waals surface area contributed by atoms with Crippen LogP contribution in [0.1, 0.15) is 32.8 Å². The average molecular weight is 303 g/mol. The summed E-state index contributed by atoms with van der Waals surface area (Å²) in [5, 5.41) is 2.30. The Morgan fingerprint density at radius 3 is 2.24 bits per heavy atom. The summed E-state index contributed by atoms with van der Waals surface area (Å²) in [6.07, 6.45) is -6.19. The minimum atomic E-state index is -4.35. The Bertz CT molecular complexity index is 452. The van der Waals surface area contributed by atoms with Gasteiger partial charge in [-0.2, -0.15) is 13.2 Å². The van der Waals surface area contributed by atoms with Gasteiger partial charge in [-0.15, -0.1) is 0 Å². The summed E-state index contributed by atoms with van der Waals surface area (Å²) in [5.41, 5.74) is -0.0256. The Balaban J connectivity index is 2.71. The summed E-state index contributed by atoms with van der Waals surface area (Å²) < 4.78 is 42.8. The maximum Gasteiger partial charge on any atom is 0.407 e. The molecule has 1 atom stereocenters. The Morgan fingerprint density at radius 2 is 1.76 bits per heavy atom. The van der Waals surface area contributed by atoms with Crippen LogP contribution >= 0.6 is 0 Å². The smallest absolute Gasteiger partial charge is 0.407 e. The van der Waals surface area contributed by atoms with Gasteiger partial charge in [-0.3, -0.25) is 0 Å². The maximum absolute atomic E-state index is 12.6. The number of hydrogen-bond acceptors (Lipinski definition) is 2. The molecule has 0 saturated carbocycles. The molecule has 1 aromatic rings. The highest BCUT2D eigenvalue weighted by molar-refractivity contribution is 5.68. The maximum atomic E-state index is 12.6. The van der Waals surface area contributed by atoms with E-state index in [1.165, 1.54) is 0 Å². The molecule has 1 unspecified atom stereocenters. The Labute approximate surface area is 122 Å². The number of alkyl halides is 3. The van der Waals surface area contributed by atoms with Crippen molar-refractivity contribution in [1.82, 2.24) is 5.32 Å². The summed E-state index contributed by atoms with van der Waals surface area (Å²) >= 11 is 0. The van der Waals surface area contributed by atoms with Gasteiger partial charge in [0.25, 0.3) is 0 Å². The highest BCUT2D eigenvalue weighted by atomic mass is 19.4. The molecular weight excluding hydrogens is 283 g/mol. The van der Waals surface area contributed by atoms with Crippen LogP contribution in [0.4, 0.5) is 18.0 Å². The predicted molar refractivity (Wildman–Crippen MR) is 74.0 cm³/mol. The van der Waals surface area contributed by atoms with Crippen molar-refractivity contribution in [3.63, 3.8) is 0 Å². The number of carbonyl (C=O) groups excluding carboxylic acids is 1. The van der Waals surface area contributed by atoms with Crippen molar-refractivity contribution in [1.29, 1.82) is 0 Å². The van der Waals surface area contributed by atoms with Crippen LogP contribution in [0.5, 0.6) is 0 Å². The fraction of sp³-hybridized carbons (Fsp3) is 0.533. The van der Waals surface area contributed by atoms with Gasteiger partial charge in [-0.25, -0.2) is 4.79 Å². The van der Waals surface area contributed by atoms with E-state index in [4.69, 9.17) is 4.74 Å². The normalized spacial score (nSPS) is 13.6. The summed E-state index contributed by atoms with van der Waals surface area (Å²) in [6, 6.07) is 7.66. The topological polar surface area (TPSA) is 38.3 Å². The molecule has 0 aromatic heterocycles. The number of rotatable bonds is 4. The molecular formula is C15H20F3NO2. The molecule has 0 fully saturated rings. The first-order chi connectivity index (χ1) is 9.55. The van der Waals surface area contributed by atoms with Crippen LogP contribution in [0.15, 0.2) is 30.3 Å². The molecule has 0 bridgehead atoms. The molecule has 0 aliphatic carbocycles. The summed E-state index contributed by atoms with van der Waals surface area (Å²) in [5.74, 6) is 0. The van der Waals surface area contributed by atoms with Crippen molar-refractivity contribution in [3.05, 3.63) is 35.9 Å². The van der Waals surface area contributed by atoms with E-state index in [1.54, 1.807) is 51.1 Å².